The van der Waals surface area contributed by atoms with Gasteiger partial charge in [-0.1, -0.05) is 60.7 Å². The number of ether oxygens (including phenoxy) is 1. The van der Waals surface area contributed by atoms with Crippen LogP contribution in [0, 0.1) is 0 Å². The lowest BCUT2D eigenvalue weighted by atomic mass is 10.1. The van der Waals surface area contributed by atoms with Crippen molar-refractivity contribution in [1.29, 1.82) is 0 Å². The van der Waals surface area contributed by atoms with E-state index in [2.05, 4.69) is 0 Å². The molecule has 2 aromatic carbocycles. The Hall–Kier alpha value is -3.61. The van der Waals surface area contributed by atoms with E-state index in [1.54, 1.807) is 16.7 Å². The fraction of sp³-hybridized carbons (Fsp3) is 0.292. The van der Waals surface area contributed by atoms with Gasteiger partial charge in [-0.05, 0) is 12.5 Å². The summed E-state index contributed by atoms with van der Waals surface area (Å²) in [5.41, 5.74) is 3.27. The summed E-state index contributed by atoms with van der Waals surface area (Å²) < 4.78 is 6.89. The quantitative estimate of drug-likeness (QED) is 0.636. The smallest absolute Gasteiger partial charge is 0.409 e. The molecule has 7 nitrogen and oxygen atoms in total. The number of carbonyl (C=O) groups is 2. The van der Waals surface area contributed by atoms with Crippen LogP contribution >= 0.6 is 0 Å². The van der Waals surface area contributed by atoms with Crippen LogP contribution < -0.4 is 0 Å². The molecule has 0 spiro atoms. The fourth-order valence-electron chi connectivity index (χ4n) is 3.72. The largest absolute Gasteiger partial charge is 0.450 e. The van der Waals surface area contributed by atoms with E-state index < -0.39 is 0 Å². The van der Waals surface area contributed by atoms with Crippen LogP contribution in [-0.2, 0) is 11.3 Å². The molecule has 0 N–H and O–H groups in total. The van der Waals surface area contributed by atoms with Crippen molar-refractivity contribution >= 4 is 12.0 Å². The molecule has 1 aliphatic heterocycles. The van der Waals surface area contributed by atoms with E-state index in [1.807, 2.05) is 71.5 Å². The third-order valence-electron chi connectivity index (χ3n) is 5.32. The van der Waals surface area contributed by atoms with Gasteiger partial charge in [0.15, 0.2) is 0 Å². The minimum atomic E-state index is -0.324. The molecule has 0 saturated carbocycles. The average molecular weight is 418 g/mol. The number of piperazine rings is 1. The van der Waals surface area contributed by atoms with Gasteiger partial charge in [0.05, 0.1) is 18.7 Å². The van der Waals surface area contributed by atoms with Crippen LogP contribution in [0.5, 0.6) is 0 Å². The van der Waals surface area contributed by atoms with Crippen molar-refractivity contribution in [2.24, 2.45) is 0 Å². The Balaban J connectivity index is 1.56. The van der Waals surface area contributed by atoms with Gasteiger partial charge in [-0.15, -0.1) is 0 Å². The minimum absolute atomic E-state index is 0.0679. The van der Waals surface area contributed by atoms with Crippen LogP contribution in [0.1, 0.15) is 22.8 Å². The van der Waals surface area contributed by atoms with E-state index in [9.17, 15) is 9.59 Å². The molecule has 2 heterocycles. The molecule has 1 fully saturated rings. The van der Waals surface area contributed by atoms with Gasteiger partial charge in [0, 0.05) is 37.9 Å². The van der Waals surface area contributed by atoms with Crippen molar-refractivity contribution in [3.8, 4) is 11.3 Å². The number of amides is 2. The van der Waals surface area contributed by atoms with Crippen molar-refractivity contribution in [3.63, 3.8) is 0 Å². The minimum Gasteiger partial charge on any atom is -0.450 e. The summed E-state index contributed by atoms with van der Waals surface area (Å²) in [6, 6.07) is 19.8. The number of nitrogens with zero attached hydrogens (tertiary/aromatic N) is 4. The van der Waals surface area contributed by atoms with Gasteiger partial charge < -0.3 is 14.5 Å². The first-order chi connectivity index (χ1) is 15.2. The third kappa shape index (κ3) is 4.77. The van der Waals surface area contributed by atoms with Crippen molar-refractivity contribution < 1.29 is 14.3 Å². The normalized spacial score (nSPS) is 13.8. The van der Waals surface area contributed by atoms with Crippen LogP contribution in [-0.4, -0.2) is 64.4 Å². The molecule has 4 rings (SSSR count). The van der Waals surface area contributed by atoms with Gasteiger partial charge >= 0.3 is 6.09 Å². The van der Waals surface area contributed by atoms with Crippen molar-refractivity contribution in [2.75, 3.05) is 32.8 Å². The SMILES string of the molecule is CCOC(=O)N1CCN(C(=O)c2cn(Cc3ccccc3)nc2-c2ccccc2)CC1. The van der Waals surface area contributed by atoms with E-state index in [-0.39, 0.29) is 12.0 Å². The first-order valence-electron chi connectivity index (χ1n) is 10.5. The van der Waals surface area contributed by atoms with Crippen LogP contribution in [0.15, 0.2) is 66.9 Å². The lowest BCUT2D eigenvalue weighted by Crippen LogP contribution is -2.50. The first kappa shape index (κ1) is 20.7. The van der Waals surface area contributed by atoms with E-state index in [4.69, 9.17) is 9.84 Å². The highest BCUT2D eigenvalue weighted by Crippen LogP contribution is 2.24. The molecular weight excluding hydrogens is 392 g/mol. The van der Waals surface area contributed by atoms with Crippen molar-refractivity contribution in [1.82, 2.24) is 19.6 Å². The summed E-state index contributed by atoms with van der Waals surface area (Å²) >= 11 is 0. The second-order valence-corrected chi connectivity index (χ2v) is 7.42. The molecule has 0 atom stereocenters. The number of rotatable bonds is 5. The number of hydrogen-bond acceptors (Lipinski definition) is 4. The zero-order valence-electron chi connectivity index (χ0n) is 17.6. The van der Waals surface area contributed by atoms with E-state index >= 15 is 0 Å². The summed E-state index contributed by atoms with van der Waals surface area (Å²) in [5.74, 6) is -0.0679. The second-order valence-electron chi connectivity index (χ2n) is 7.42. The third-order valence-corrected chi connectivity index (χ3v) is 5.32. The maximum absolute atomic E-state index is 13.4. The molecule has 1 aromatic heterocycles. The molecule has 3 aromatic rings. The Bertz CT molecular complexity index is 1030. The summed E-state index contributed by atoms with van der Waals surface area (Å²) in [7, 11) is 0. The predicted octanol–water partition coefficient (Wildman–Crippen LogP) is 3.51. The average Bonchev–Trinajstić information content (AvgIpc) is 3.24. The summed E-state index contributed by atoms with van der Waals surface area (Å²) in [6.45, 7) is 4.58. The van der Waals surface area contributed by atoms with E-state index in [1.165, 1.54) is 0 Å². The zero-order chi connectivity index (χ0) is 21.6. The number of hydrogen-bond donors (Lipinski definition) is 0. The number of carbonyl (C=O) groups excluding carboxylic acids is 2. The van der Waals surface area contributed by atoms with E-state index in [0.29, 0.717) is 50.6 Å². The maximum atomic E-state index is 13.4. The summed E-state index contributed by atoms with van der Waals surface area (Å²) in [6.07, 6.45) is 1.50. The molecule has 31 heavy (non-hydrogen) atoms. The van der Waals surface area contributed by atoms with Crippen LogP contribution in [0.3, 0.4) is 0 Å². The first-order valence-corrected chi connectivity index (χ1v) is 10.5. The molecule has 0 aliphatic carbocycles. The topological polar surface area (TPSA) is 67.7 Å². The molecular formula is C24H26N4O3. The summed E-state index contributed by atoms with van der Waals surface area (Å²) in [4.78, 5) is 28.8. The van der Waals surface area contributed by atoms with Gasteiger partial charge in [-0.2, -0.15) is 5.10 Å². The highest BCUT2D eigenvalue weighted by Gasteiger charge is 2.28. The van der Waals surface area contributed by atoms with Gasteiger partial charge in [-0.3, -0.25) is 9.48 Å². The van der Waals surface area contributed by atoms with Gasteiger partial charge in [0.1, 0.15) is 5.69 Å². The lowest BCUT2D eigenvalue weighted by molar-refractivity contribution is 0.0571. The van der Waals surface area contributed by atoms with Crippen molar-refractivity contribution in [2.45, 2.75) is 13.5 Å². The molecule has 0 bridgehead atoms. The monoisotopic (exact) mass is 418 g/mol. The Morgan fingerprint density at radius 3 is 2.16 bits per heavy atom. The zero-order valence-corrected chi connectivity index (χ0v) is 17.6. The number of aromatic nitrogens is 2. The highest BCUT2D eigenvalue weighted by molar-refractivity contribution is 6.00. The molecule has 1 aliphatic rings. The Morgan fingerprint density at radius 1 is 0.903 bits per heavy atom. The van der Waals surface area contributed by atoms with Crippen LogP contribution in [0.2, 0.25) is 0 Å². The second kappa shape index (κ2) is 9.47. The van der Waals surface area contributed by atoms with E-state index in [0.717, 1.165) is 11.1 Å². The molecule has 7 heteroatoms. The molecule has 160 valence electrons. The van der Waals surface area contributed by atoms with Crippen LogP contribution in [0.4, 0.5) is 4.79 Å². The Morgan fingerprint density at radius 2 is 1.52 bits per heavy atom. The van der Waals surface area contributed by atoms with Crippen molar-refractivity contribution in [3.05, 3.63) is 78.0 Å². The Kier molecular flexibility index (Phi) is 6.31. The summed E-state index contributed by atoms with van der Waals surface area (Å²) in [5, 5.41) is 4.74. The highest BCUT2D eigenvalue weighted by atomic mass is 16.6. The molecule has 2 amide bonds. The molecule has 0 radical (unpaired) electrons. The number of benzene rings is 2. The fourth-order valence-corrected chi connectivity index (χ4v) is 3.72. The standard InChI is InChI=1S/C24H26N4O3/c1-2-31-24(30)27-15-13-26(14-16-27)23(29)21-18-28(17-19-9-5-3-6-10-19)25-22(21)20-11-7-4-8-12-20/h3-12,18H,2,13-17H2,1H3. The molecule has 1 saturated heterocycles. The molecule has 0 unspecified atom stereocenters. The van der Waals surface area contributed by atoms with Crippen LogP contribution in [0.25, 0.3) is 11.3 Å². The van der Waals surface area contributed by atoms with Gasteiger partial charge in [0.25, 0.3) is 5.91 Å². The predicted molar refractivity (Wildman–Crippen MR) is 118 cm³/mol. The maximum Gasteiger partial charge on any atom is 0.409 e. The van der Waals surface area contributed by atoms with Gasteiger partial charge in [0.2, 0.25) is 0 Å². The van der Waals surface area contributed by atoms with Gasteiger partial charge in [-0.25, -0.2) is 4.79 Å². The Labute approximate surface area is 181 Å². The lowest BCUT2D eigenvalue weighted by Gasteiger charge is -2.34.